The monoisotopic (exact) mass is 477 g/mol. The molecule has 2 aromatic heterocycles. The van der Waals surface area contributed by atoms with Crippen LogP contribution in [0.3, 0.4) is 0 Å². The highest BCUT2D eigenvalue weighted by Gasteiger charge is 2.06. The quantitative estimate of drug-likeness (QED) is 0.347. The molecule has 0 aliphatic carbocycles. The topological polar surface area (TPSA) is 80.0 Å². The maximum atomic E-state index is 4.65. The number of nitrogens with zero attached hydrogens (tertiary/aromatic N) is 5. The number of hydrogen-bond donors (Lipinski definition) is 2. The van der Waals surface area contributed by atoms with E-state index < -0.39 is 0 Å². The van der Waals surface area contributed by atoms with Crippen LogP contribution in [0.25, 0.3) is 0 Å². The lowest BCUT2D eigenvalue weighted by Gasteiger charge is -2.12. The van der Waals surface area contributed by atoms with Crippen molar-refractivity contribution in [3.63, 3.8) is 0 Å². The molecular weight excluding hydrogens is 449 g/mol. The summed E-state index contributed by atoms with van der Waals surface area (Å²) in [6.45, 7) is 8.84. The highest BCUT2D eigenvalue weighted by Crippen LogP contribution is 2.19. The van der Waals surface area contributed by atoms with Gasteiger partial charge in [-0.1, -0.05) is 20.8 Å². The number of hydrogen-bond acceptors (Lipinski definition) is 5. The maximum absolute atomic E-state index is 4.65. The Balaban J connectivity index is 0.00000312. The van der Waals surface area contributed by atoms with Crippen LogP contribution in [-0.2, 0) is 19.4 Å². The van der Waals surface area contributed by atoms with Gasteiger partial charge in [-0.3, -0.25) is 4.99 Å². The number of nitrogens with one attached hydrogen (secondary N) is 2. The minimum atomic E-state index is 0. The van der Waals surface area contributed by atoms with Gasteiger partial charge in [-0.25, -0.2) is 4.98 Å². The molecule has 2 heterocycles. The zero-order valence-electron chi connectivity index (χ0n) is 15.3. The average Bonchev–Trinajstić information content (AvgIpc) is 3.22. The summed E-state index contributed by atoms with van der Waals surface area (Å²) < 4.78 is 2.06. The number of halogens is 1. The highest BCUT2D eigenvalue weighted by molar-refractivity contribution is 14.0. The molecule has 0 aliphatic heterocycles. The molecule has 140 valence electrons. The standard InChI is InChI=1S/C16H27N7S.HI/c1-5-14-22-20-11-23(14)9-8-19-16(17-4)18-7-6-13-10-24-15(21-13)12(2)3;/h10-12H,5-9H2,1-4H3,(H2,17,18,19);1H. The maximum Gasteiger partial charge on any atom is 0.191 e. The third-order valence-corrected chi connectivity index (χ3v) is 4.81. The summed E-state index contributed by atoms with van der Waals surface area (Å²) in [6.07, 6.45) is 3.56. The molecule has 0 atom stereocenters. The largest absolute Gasteiger partial charge is 0.356 e. The van der Waals surface area contributed by atoms with Gasteiger partial charge in [0.25, 0.3) is 0 Å². The van der Waals surface area contributed by atoms with Gasteiger partial charge in [0.05, 0.1) is 10.7 Å². The normalized spacial score (nSPS) is 11.5. The van der Waals surface area contributed by atoms with Gasteiger partial charge in [0.15, 0.2) is 5.96 Å². The van der Waals surface area contributed by atoms with E-state index in [4.69, 9.17) is 0 Å². The second-order valence-electron chi connectivity index (χ2n) is 5.80. The first-order valence-corrected chi connectivity index (χ1v) is 9.27. The van der Waals surface area contributed by atoms with E-state index in [2.05, 4.69) is 61.5 Å². The molecule has 2 N–H and O–H groups in total. The van der Waals surface area contributed by atoms with E-state index in [1.165, 1.54) is 5.01 Å². The Kier molecular flexibility index (Phi) is 9.94. The zero-order valence-corrected chi connectivity index (χ0v) is 18.5. The Bertz CT molecular complexity index is 650. The van der Waals surface area contributed by atoms with Crippen LogP contribution in [0.4, 0.5) is 0 Å². The number of thiazole rings is 1. The van der Waals surface area contributed by atoms with Crippen molar-refractivity contribution in [3.8, 4) is 0 Å². The molecule has 7 nitrogen and oxygen atoms in total. The van der Waals surface area contributed by atoms with Crippen LogP contribution >= 0.6 is 35.3 Å². The summed E-state index contributed by atoms with van der Waals surface area (Å²) in [7, 11) is 1.78. The summed E-state index contributed by atoms with van der Waals surface area (Å²) in [5.74, 6) is 2.31. The summed E-state index contributed by atoms with van der Waals surface area (Å²) >= 11 is 1.74. The van der Waals surface area contributed by atoms with Crippen molar-refractivity contribution in [2.45, 2.75) is 46.1 Å². The molecule has 0 spiro atoms. The van der Waals surface area contributed by atoms with Crippen molar-refractivity contribution < 1.29 is 0 Å². The van der Waals surface area contributed by atoms with Crippen LogP contribution in [0.5, 0.6) is 0 Å². The van der Waals surface area contributed by atoms with Gasteiger partial charge in [0.2, 0.25) is 0 Å². The zero-order chi connectivity index (χ0) is 17.4. The van der Waals surface area contributed by atoms with Crippen molar-refractivity contribution in [1.82, 2.24) is 30.4 Å². The first-order chi connectivity index (χ1) is 11.6. The summed E-state index contributed by atoms with van der Waals surface area (Å²) in [5.41, 5.74) is 1.14. The Hall–Kier alpha value is -1.23. The lowest BCUT2D eigenvalue weighted by atomic mass is 10.2. The molecule has 0 radical (unpaired) electrons. The van der Waals surface area contributed by atoms with Crippen molar-refractivity contribution >= 4 is 41.3 Å². The van der Waals surface area contributed by atoms with E-state index in [1.807, 2.05) is 0 Å². The van der Waals surface area contributed by atoms with E-state index in [0.29, 0.717) is 5.92 Å². The van der Waals surface area contributed by atoms with E-state index in [1.54, 1.807) is 24.7 Å². The number of aromatic nitrogens is 4. The third kappa shape index (κ3) is 6.89. The Labute approximate surface area is 170 Å². The average molecular weight is 477 g/mol. The number of aliphatic imine (C=N–C) groups is 1. The van der Waals surface area contributed by atoms with Gasteiger partial charge in [-0.15, -0.1) is 45.5 Å². The SMILES string of the molecule is CCc1nncn1CCNC(=NC)NCCc1csc(C(C)C)n1.I. The molecule has 0 aromatic carbocycles. The number of rotatable bonds is 8. The van der Waals surface area contributed by atoms with Crippen molar-refractivity contribution in [3.05, 3.63) is 28.2 Å². The molecule has 0 saturated heterocycles. The smallest absolute Gasteiger partial charge is 0.191 e. The Morgan fingerprint density at radius 2 is 2.08 bits per heavy atom. The van der Waals surface area contributed by atoms with Gasteiger partial charge in [-0.05, 0) is 0 Å². The van der Waals surface area contributed by atoms with E-state index in [-0.39, 0.29) is 24.0 Å². The third-order valence-electron chi connectivity index (χ3n) is 3.62. The van der Waals surface area contributed by atoms with Gasteiger partial charge in [-0.2, -0.15) is 0 Å². The highest BCUT2D eigenvalue weighted by atomic mass is 127. The molecule has 0 aliphatic rings. The molecule has 0 bridgehead atoms. The van der Waals surface area contributed by atoms with Crippen LogP contribution in [-0.4, -0.2) is 45.8 Å². The molecule has 0 amide bonds. The van der Waals surface area contributed by atoms with Crippen molar-refractivity contribution in [2.24, 2.45) is 4.99 Å². The van der Waals surface area contributed by atoms with Crippen LogP contribution in [0.2, 0.25) is 0 Å². The molecule has 2 aromatic rings. The fraction of sp³-hybridized carbons (Fsp3) is 0.625. The van der Waals surface area contributed by atoms with Crippen LogP contribution in [0, 0.1) is 0 Å². The van der Waals surface area contributed by atoms with E-state index in [9.17, 15) is 0 Å². The minimum Gasteiger partial charge on any atom is -0.356 e. The second-order valence-corrected chi connectivity index (χ2v) is 6.69. The van der Waals surface area contributed by atoms with Gasteiger partial charge in [0.1, 0.15) is 12.2 Å². The summed E-state index contributed by atoms with van der Waals surface area (Å²) in [4.78, 5) is 8.90. The second kappa shape index (κ2) is 11.4. The Morgan fingerprint density at radius 1 is 1.32 bits per heavy atom. The van der Waals surface area contributed by atoms with Gasteiger partial charge >= 0.3 is 0 Å². The summed E-state index contributed by atoms with van der Waals surface area (Å²) in [6, 6.07) is 0. The fourth-order valence-electron chi connectivity index (χ4n) is 2.27. The minimum absolute atomic E-state index is 0. The predicted molar refractivity (Wildman–Crippen MR) is 114 cm³/mol. The van der Waals surface area contributed by atoms with Crippen LogP contribution < -0.4 is 10.6 Å². The summed E-state index contributed by atoms with van der Waals surface area (Å²) in [5, 5.41) is 18.0. The first kappa shape index (κ1) is 21.8. The molecule has 0 saturated carbocycles. The molecule has 9 heteroatoms. The first-order valence-electron chi connectivity index (χ1n) is 8.39. The molecule has 25 heavy (non-hydrogen) atoms. The van der Waals surface area contributed by atoms with Gasteiger partial charge < -0.3 is 15.2 Å². The molecule has 0 fully saturated rings. The molecular formula is C16H28IN7S. The van der Waals surface area contributed by atoms with Crippen LogP contribution in [0.15, 0.2) is 16.7 Å². The fourth-order valence-corrected chi connectivity index (χ4v) is 3.14. The number of aryl methyl sites for hydroxylation is 1. The van der Waals surface area contributed by atoms with E-state index >= 15 is 0 Å². The molecule has 2 rings (SSSR count). The van der Waals surface area contributed by atoms with Crippen molar-refractivity contribution in [1.29, 1.82) is 0 Å². The van der Waals surface area contributed by atoms with E-state index in [0.717, 1.165) is 50.0 Å². The predicted octanol–water partition coefficient (Wildman–Crippen LogP) is 2.45. The van der Waals surface area contributed by atoms with Crippen molar-refractivity contribution in [2.75, 3.05) is 20.1 Å². The lowest BCUT2D eigenvalue weighted by Crippen LogP contribution is -2.39. The van der Waals surface area contributed by atoms with Gasteiger partial charge in [0, 0.05) is 50.8 Å². The lowest BCUT2D eigenvalue weighted by molar-refractivity contribution is 0.632. The molecule has 0 unspecified atom stereocenters. The number of guanidine groups is 1. The Morgan fingerprint density at radius 3 is 2.72 bits per heavy atom. The van der Waals surface area contributed by atoms with Crippen LogP contribution in [0.1, 0.15) is 43.2 Å².